The zero-order chi connectivity index (χ0) is 16.8. The van der Waals surface area contributed by atoms with Crippen molar-refractivity contribution in [3.63, 3.8) is 0 Å². The number of hydrogen-bond donors (Lipinski definition) is 1. The van der Waals surface area contributed by atoms with Gasteiger partial charge >= 0.3 is 5.97 Å². The quantitative estimate of drug-likeness (QED) is 0.914. The second-order valence-electron chi connectivity index (χ2n) is 7.69. The number of hydrogen-bond acceptors (Lipinski definition) is 4. The maximum absolute atomic E-state index is 13.1. The van der Waals surface area contributed by atoms with E-state index in [9.17, 15) is 14.7 Å². The average molecular weight is 320 g/mol. The van der Waals surface area contributed by atoms with E-state index in [1.807, 2.05) is 27.0 Å². The SMILES string of the molecule is CC(C)(C)[C@@H](C(=O)N1CCC[C@H]1C(=O)O)n1cc(C2CC2)nn1. The van der Waals surface area contributed by atoms with Crippen LogP contribution >= 0.6 is 0 Å². The fourth-order valence-electron chi connectivity index (χ4n) is 3.31. The molecule has 0 spiro atoms. The van der Waals surface area contributed by atoms with Gasteiger partial charge in [0, 0.05) is 18.7 Å². The van der Waals surface area contributed by atoms with Crippen LogP contribution in [0.5, 0.6) is 0 Å². The first-order valence-corrected chi connectivity index (χ1v) is 8.24. The second-order valence-corrected chi connectivity index (χ2v) is 7.69. The van der Waals surface area contributed by atoms with Crippen molar-refractivity contribution in [1.29, 1.82) is 0 Å². The Morgan fingerprint density at radius 2 is 2.00 bits per heavy atom. The largest absolute Gasteiger partial charge is 0.480 e. The number of nitrogens with zero attached hydrogens (tertiary/aromatic N) is 4. The van der Waals surface area contributed by atoms with E-state index >= 15 is 0 Å². The molecule has 1 amide bonds. The lowest BCUT2D eigenvalue weighted by Crippen LogP contribution is -2.47. The first-order valence-electron chi connectivity index (χ1n) is 8.24. The maximum Gasteiger partial charge on any atom is 0.326 e. The predicted molar refractivity (Wildman–Crippen MR) is 82.9 cm³/mol. The van der Waals surface area contributed by atoms with Crippen LogP contribution in [0, 0.1) is 5.41 Å². The molecule has 2 aliphatic rings. The first kappa shape index (κ1) is 16.0. The highest BCUT2D eigenvalue weighted by Gasteiger charge is 2.43. The van der Waals surface area contributed by atoms with E-state index in [1.54, 1.807) is 4.68 Å². The van der Waals surface area contributed by atoms with Gasteiger partial charge in [0.2, 0.25) is 5.91 Å². The molecule has 3 rings (SSSR count). The van der Waals surface area contributed by atoms with Crippen molar-refractivity contribution in [1.82, 2.24) is 19.9 Å². The van der Waals surface area contributed by atoms with Gasteiger partial charge < -0.3 is 10.0 Å². The van der Waals surface area contributed by atoms with Crippen molar-refractivity contribution in [2.24, 2.45) is 5.41 Å². The third kappa shape index (κ3) is 3.09. The fraction of sp³-hybridized carbons (Fsp3) is 0.750. The summed E-state index contributed by atoms with van der Waals surface area (Å²) in [4.78, 5) is 26.0. The molecule has 7 heteroatoms. The minimum Gasteiger partial charge on any atom is -0.480 e. The molecule has 7 nitrogen and oxygen atoms in total. The van der Waals surface area contributed by atoms with Crippen LogP contribution in [0.4, 0.5) is 0 Å². The zero-order valence-electron chi connectivity index (χ0n) is 13.9. The highest BCUT2D eigenvalue weighted by molar-refractivity contribution is 5.87. The molecule has 0 radical (unpaired) electrons. The molecule has 23 heavy (non-hydrogen) atoms. The molecule has 2 fully saturated rings. The van der Waals surface area contributed by atoms with Gasteiger partial charge in [-0.25, -0.2) is 9.48 Å². The number of aliphatic carboxylic acids is 1. The Kier molecular flexibility index (Phi) is 3.90. The van der Waals surface area contributed by atoms with Gasteiger partial charge in [0.15, 0.2) is 0 Å². The minimum absolute atomic E-state index is 0.172. The summed E-state index contributed by atoms with van der Waals surface area (Å²) in [7, 11) is 0. The summed E-state index contributed by atoms with van der Waals surface area (Å²) in [5.41, 5.74) is 0.556. The van der Waals surface area contributed by atoms with Crippen LogP contribution in [0.25, 0.3) is 0 Å². The van der Waals surface area contributed by atoms with Gasteiger partial charge in [0.25, 0.3) is 0 Å². The van der Waals surface area contributed by atoms with Gasteiger partial charge in [-0.15, -0.1) is 5.10 Å². The van der Waals surface area contributed by atoms with Crippen molar-refractivity contribution in [2.45, 2.75) is 64.5 Å². The van der Waals surface area contributed by atoms with Gasteiger partial charge in [-0.2, -0.15) is 0 Å². The molecule has 0 unspecified atom stereocenters. The van der Waals surface area contributed by atoms with Crippen LogP contribution in [0.15, 0.2) is 6.20 Å². The second kappa shape index (κ2) is 5.62. The van der Waals surface area contributed by atoms with Gasteiger partial charge in [-0.1, -0.05) is 26.0 Å². The van der Waals surface area contributed by atoms with Crippen molar-refractivity contribution in [2.75, 3.05) is 6.54 Å². The molecule has 2 heterocycles. The normalized spacial score (nSPS) is 23.1. The highest BCUT2D eigenvalue weighted by Crippen LogP contribution is 2.40. The Labute approximate surface area is 135 Å². The zero-order valence-corrected chi connectivity index (χ0v) is 13.9. The number of carboxylic acids is 1. The molecule has 1 aliphatic carbocycles. The van der Waals surface area contributed by atoms with E-state index in [1.165, 1.54) is 4.90 Å². The topological polar surface area (TPSA) is 88.3 Å². The monoisotopic (exact) mass is 320 g/mol. The third-order valence-electron chi connectivity index (χ3n) is 4.66. The van der Waals surface area contributed by atoms with Crippen molar-refractivity contribution >= 4 is 11.9 Å². The lowest BCUT2D eigenvalue weighted by molar-refractivity contribution is -0.151. The van der Waals surface area contributed by atoms with Crippen LogP contribution in [0.2, 0.25) is 0 Å². The van der Waals surface area contributed by atoms with Crippen LogP contribution in [-0.4, -0.2) is 49.5 Å². The van der Waals surface area contributed by atoms with E-state index in [2.05, 4.69) is 10.3 Å². The Morgan fingerprint density at radius 1 is 1.30 bits per heavy atom. The van der Waals surface area contributed by atoms with Gasteiger partial charge in [-0.05, 0) is 31.1 Å². The average Bonchev–Trinajstić information content (AvgIpc) is 3.00. The molecule has 0 bridgehead atoms. The number of carbonyl (C=O) groups excluding carboxylic acids is 1. The molecule has 1 aromatic heterocycles. The molecule has 1 saturated heterocycles. The van der Waals surface area contributed by atoms with E-state index in [-0.39, 0.29) is 11.3 Å². The standard InChI is InChI=1S/C16H24N4O3/c1-16(2,3)13(20-9-11(17-18-20)10-6-7-10)14(21)19-8-4-5-12(19)15(22)23/h9-10,12-13H,4-8H2,1-3H3,(H,22,23)/t12-,13+/m0/s1. The van der Waals surface area contributed by atoms with Gasteiger partial charge in [0.05, 0.1) is 5.69 Å². The Hall–Kier alpha value is -1.92. The van der Waals surface area contributed by atoms with E-state index < -0.39 is 18.1 Å². The summed E-state index contributed by atoms with van der Waals surface area (Å²) in [6.45, 7) is 6.41. The Morgan fingerprint density at radius 3 is 2.57 bits per heavy atom. The van der Waals surface area contributed by atoms with E-state index in [0.29, 0.717) is 18.9 Å². The molecule has 126 valence electrons. The van der Waals surface area contributed by atoms with Crippen LogP contribution in [0.3, 0.4) is 0 Å². The lowest BCUT2D eigenvalue weighted by Gasteiger charge is -2.34. The molecule has 1 N–H and O–H groups in total. The summed E-state index contributed by atoms with van der Waals surface area (Å²) >= 11 is 0. The summed E-state index contributed by atoms with van der Waals surface area (Å²) in [5.74, 6) is -0.631. The number of rotatable bonds is 4. The smallest absolute Gasteiger partial charge is 0.326 e. The van der Waals surface area contributed by atoms with Crippen LogP contribution in [-0.2, 0) is 9.59 Å². The van der Waals surface area contributed by atoms with E-state index in [0.717, 1.165) is 25.0 Å². The molecule has 1 aromatic rings. The van der Waals surface area contributed by atoms with Crippen molar-refractivity contribution in [3.8, 4) is 0 Å². The third-order valence-corrected chi connectivity index (χ3v) is 4.66. The summed E-state index contributed by atoms with van der Waals surface area (Å²) in [5, 5.41) is 17.7. The number of carbonyl (C=O) groups is 2. The number of aromatic nitrogens is 3. The van der Waals surface area contributed by atoms with Crippen molar-refractivity contribution < 1.29 is 14.7 Å². The highest BCUT2D eigenvalue weighted by atomic mass is 16.4. The Bertz CT molecular complexity index is 615. The number of amides is 1. The van der Waals surface area contributed by atoms with Gasteiger partial charge in [-0.3, -0.25) is 4.79 Å². The van der Waals surface area contributed by atoms with E-state index in [4.69, 9.17) is 0 Å². The fourth-order valence-corrected chi connectivity index (χ4v) is 3.31. The molecular weight excluding hydrogens is 296 g/mol. The molecular formula is C16H24N4O3. The molecule has 2 atom stereocenters. The van der Waals surface area contributed by atoms with Crippen molar-refractivity contribution in [3.05, 3.63) is 11.9 Å². The minimum atomic E-state index is -0.930. The first-order chi connectivity index (χ1) is 10.8. The molecule has 1 aliphatic heterocycles. The lowest BCUT2D eigenvalue weighted by atomic mass is 9.85. The summed E-state index contributed by atoms with van der Waals surface area (Å²) in [6.07, 6.45) is 5.35. The summed E-state index contributed by atoms with van der Waals surface area (Å²) in [6, 6.07) is -1.26. The number of likely N-dealkylation sites (tertiary alicyclic amines) is 1. The summed E-state index contributed by atoms with van der Waals surface area (Å²) < 4.78 is 1.63. The predicted octanol–water partition coefficient (Wildman–Crippen LogP) is 1.82. The van der Waals surface area contributed by atoms with Crippen LogP contribution < -0.4 is 0 Å². The maximum atomic E-state index is 13.1. The number of carboxylic acid groups (broad SMARTS) is 1. The molecule has 1 saturated carbocycles. The van der Waals surface area contributed by atoms with Crippen LogP contribution in [0.1, 0.15) is 64.1 Å². The van der Waals surface area contributed by atoms with Gasteiger partial charge in [0.1, 0.15) is 12.1 Å². The molecule has 0 aromatic carbocycles. The Balaban J connectivity index is 1.89.